The van der Waals surface area contributed by atoms with E-state index in [1.165, 1.54) is 53.2 Å². The van der Waals surface area contributed by atoms with Crippen LogP contribution < -0.4 is 10.1 Å². The monoisotopic (exact) mass is 697 g/mol. The Balaban J connectivity index is 1.87. The second-order valence-electron chi connectivity index (χ2n) is 13.4. The molecule has 1 amide bonds. The Hall–Kier alpha value is -4.59. The van der Waals surface area contributed by atoms with Crippen LogP contribution in [0.3, 0.4) is 0 Å². The van der Waals surface area contributed by atoms with Crippen LogP contribution in [0.4, 0.5) is 5.69 Å². The van der Waals surface area contributed by atoms with Gasteiger partial charge in [0, 0.05) is 67.2 Å². The van der Waals surface area contributed by atoms with Gasteiger partial charge in [-0.25, -0.2) is 0 Å². The molecule has 3 aliphatic rings. The molecule has 0 spiro atoms. The van der Waals surface area contributed by atoms with Gasteiger partial charge in [-0.2, -0.15) is 0 Å². The van der Waals surface area contributed by atoms with Gasteiger partial charge in [0.05, 0.1) is 41.2 Å². The van der Waals surface area contributed by atoms with E-state index < -0.39 is 88.8 Å². The number of ketones is 1. The van der Waals surface area contributed by atoms with Gasteiger partial charge >= 0.3 is 11.8 Å². The number of hydrogen-bond donors (Lipinski definition) is 6. The Morgan fingerprint density at radius 3 is 2.22 bits per heavy atom. The molecular weight excluding hydrogens is 650 g/mol. The summed E-state index contributed by atoms with van der Waals surface area (Å²) in [6.45, 7) is 12.5. The number of aliphatic hydroxyl groups is 2. The van der Waals surface area contributed by atoms with Crippen LogP contribution in [0.5, 0.6) is 23.0 Å². The van der Waals surface area contributed by atoms with E-state index in [0.29, 0.717) is 0 Å². The van der Waals surface area contributed by atoms with E-state index >= 15 is 0 Å². The molecule has 6 N–H and O–H groups in total. The lowest BCUT2D eigenvalue weighted by Gasteiger charge is -2.38. The maximum atomic E-state index is 13.9. The highest BCUT2D eigenvalue weighted by Crippen LogP contribution is 2.53. The number of phenols is 3. The van der Waals surface area contributed by atoms with Gasteiger partial charge < -0.3 is 49.8 Å². The molecule has 0 aromatic heterocycles. The van der Waals surface area contributed by atoms with Crippen LogP contribution in [-0.4, -0.2) is 80.5 Å². The van der Waals surface area contributed by atoms with Gasteiger partial charge in [-0.05, 0) is 19.9 Å². The van der Waals surface area contributed by atoms with Gasteiger partial charge in [-0.1, -0.05) is 45.9 Å². The Morgan fingerprint density at radius 2 is 1.60 bits per heavy atom. The van der Waals surface area contributed by atoms with Crippen LogP contribution >= 0.6 is 0 Å². The summed E-state index contributed by atoms with van der Waals surface area (Å²) in [5.41, 5.74) is -0.0929. The summed E-state index contributed by atoms with van der Waals surface area (Å²) in [4.78, 5) is 39.2. The number of carbonyl (C=O) groups excluding carboxylic acids is 3. The van der Waals surface area contributed by atoms with Crippen LogP contribution in [-0.2, 0) is 23.8 Å². The standard InChI is InChI=1S/C37H47NO12/c1-16-11-10-12-17(2)36(46)38-23-15-24(40)26-27(32(23)44)31(43)21(6)34-28(26)35(45)37(8,50-34)48-14-13-25(47-9)18(3)33(49-22(7)39)20(5)30(42)19(4)29(16)41/h10-16,18-20,25,29-30,33,40-44H,1-9H3,(H,38,46)/t16?,18?,19?,20?,25?,29?,30?,33?,37-/m0/s1. The van der Waals surface area contributed by atoms with Crippen LogP contribution in [0.2, 0.25) is 0 Å². The van der Waals surface area contributed by atoms with Crippen LogP contribution in [0.15, 0.2) is 42.2 Å². The SMILES string of the molecule is COC1C=CO[C@@]2(C)Oc3c(C)c(O)c4c(O)c(cc(O)c4c3C2=O)NC(=O)C(C)=CC=CC(C)C(O)C(C)C(O)C(C)C(OC(C)=O)C1C. The fourth-order valence-corrected chi connectivity index (χ4v) is 6.65. The van der Waals surface area contributed by atoms with Crippen molar-refractivity contribution in [2.24, 2.45) is 23.7 Å². The summed E-state index contributed by atoms with van der Waals surface area (Å²) in [5, 5.41) is 58.2. The van der Waals surface area contributed by atoms with Gasteiger partial charge in [0.15, 0.2) is 5.75 Å². The maximum absolute atomic E-state index is 13.9. The number of amides is 1. The fourth-order valence-electron chi connectivity index (χ4n) is 6.65. The van der Waals surface area contributed by atoms with E-state index in [1.807, 2.05) is 0 Å². The van der Waals surface area contributed by atoms with Crippen molar-refractivity contribution in [2.45, 2.75) is 85.6 Å². The van der Waals surface area contributed by atoms with Gasteiger partial charge in [0.1, 0.15) is 23.4 Å². The molecule has 0 saturated carbocycles. The van der Waals surface area contributed by atoms with E-state index in [1.54, 1.807) is 39.8 Å². The number of hydrogen-bond acceptors (Lipinski definition) is 12. The number of anilines is 1. The third-order valence-electron chi connectivity index (χ3n) is 9.84. The Morgan fingerprint density at radius 1 is 0.940 bits per heavy atom. The van der Waals surface area contributed by atoms with Crippen molar-refractivity contribution >= 4 is 34.1 Å². The maximum Gasteiger partial charge on any atom is 0.312 e. The lowest BCUT2D eigenvalue weighted by atomic mass is 9.78. The molecule has 9 atom stereocenters. The molecule has 0 radical (unpaired) electrons. The number of phenolic OH excluding ortho intramolecular Hbond substituents is 3. The number of ether oxygens (including phenoxy) is 4. The molecule has 272 valence electrons. The van der Waals surface area contributed by atoms with Crippen molar-refractivity contribution in [2.75, 3.05) is 12.4 Å². The van der Waals surface area contributed by atoms with Gasteiger partial charge in [0.2, 0.25) is 0 Å². The van der Waals surface area contributed by atoms with E-state index in [4.69, 9.17) is 18.9 Å². The van der Waals surface area contributed by atoms with Crippen molar-refractivity contribution in [1.82, 2.24) is 0 Å². The number of aromatic hydroxyl groups is 3. The first-order valence-electron chi connectivity index (χ1n) is 16.4. The fraction of sp³-hybridized carbons (Fsp3) is 0.486. The van der Waals surface area contributed by atoms with Crippen molar-refractivity contribution in [3.63, 3.8) is 0 Å². The largest absolute Gasteiger partial charge is 0.507 e. The number of Topliss-reactive ketones (excluding diaryl/α,β-unsaturated/α-hetero) is 1. The molecule has 13 heteroatoms. The molecule has 50 heavy (non-hydrogen) atoms. The van der Waals surface area contributed by atoms with Crippen molar-refractivity contribution in [1.29, 1.82) is 0 Å². The number of carbonyl (C=O) groups is 3. The second kappa shape index (κ2) is 14.7. The summed E-state index contributed by atoms with van der Waals surface area (Å²) < 4.78 is 23.2. The summed E-state index contributed by atoms with van der Waals surface area (Å²) in [6, 6.07) is 1.06. The number of aliphatic hydroxyl groups excluding tert-OH is 2. The summed E-state index contributed by atoms with van der Waals surface area (Å²) >= 11 is 0. The molecule has 3 heterocycles. The predicted octanol–water partition coefficient (Wildman–Crippen LogP) is 4.75. The topological polar surface area (TPSA) is 201 Å². The van der Waals surface area contributed by atoms with Gasteiger partial charge in [-0.15, -0.1) is 0 Å². The van der Waals surface area contributed by atoms with E-state index in [-0.39, 0.29) is 38.9 Å². The lowest BCUT2D eigenvalue weighted by molar-refractivity contribution is -0.160. The first-order chi connectivity index (χ1) is 23.4. The first-order valence-corrected chi connectivity index (χ1v) is 16.4. The van der Waals surface area contributed by atoms with E-state index in [2.05, 4.69) is 5.32 Å². The first kappa shape index (κ1) is 38.2. The number of esters is 1. The highest BCUT2D eigenvalue weighted by atomic mass is 16.7. The number of allylic oxidation sites excluding steroid dienone is 2. The molecule has 5 rings (SSSR count). The molecule has 5 bridgehead atoms. The normalized spacial score (nSPS) is 30.9. The summed E-state index contributed by atoms with van der Waals surface area (Å²) in [7, 11) is 1.43. The van der Waals surface area contributed by atoms with E-state index in [9.17, 15) is 39.9 Å². The average molecular weight is 698 g/mol. The van der Waals surface area contributed by atoms with Crippen molar-refractivity contribution in [3.05, 3.63) is 53.3 Å². The third kappa shape index (κ3) is 7.03. The van der Waals surface area contributed by atoms with Crippen molar-refractivity contribution in [3.8, 4) is 23.0 Å². The molecule has 2 aromatic carbocycles. The second-order valence-corrected chi connectivity index (χ2v) is 13.4. The third-order valence-corrected chi connectivity index (χ3v) is 9.84. The predicted molar refractivity (Wildman–Crippen MR) is 184 cm³/mol. The molecule has 0 aliphatic carbocycles. The highest BCUT2D eigenvalue weighted by Gasteiger charge is 2.49. The number of nitrogens with one attached hydrogen (secondary N) is 1. The zero-order valence-electron chi connectivity index (χ0n) is 29.7. The minimum absolute atomic E-state index is 0.0709. The smallest absolute Gasteiger partial charge is 0.312 e. The quantitative estimate of drug-likeness (QED) is 0.143. The number of methoxy groups -OCH3 is 1. The molecule has 2 aromatic rings. The van der Waals surface area contributed by atoms with Gasteiger partial charge in [-0.3, -0.25) is 14.4 Å². The van der Waals surface area contributed by atoms with Crippen LogP contribution in [0, 0.1) is 30.6 Å². The van der Waals surface area contributed by atoms with Gasteiger partial charge in [0.25, 0.3) is 11.7 Å². The lowest BCUT2D eigenvalue weighted by Crippen LogP contribution is -2.46. The molecule has 3 aliphatic heterocycles. The Labute approximate surface area is 290 Å². The number of fused-ring (bicyclic) bond motifs is 14. The number of rotatable bonds is 2. The van der Waals surface area contributed by atoms with Crippen LogP contribution in [0.1, 0.15) is 64.4 Å². The molecular formula is C37H47NO12. The average Bonchev–Trinajstić information content (AvgIpc) is 3.33. The van der Waals surface area contributed by atoms with Crippen LogP contribution in [0.25, 0.3) is 10.8 Å². The minimum atomic E-state index is -1.98. The zero-order valence-corrected chi connectivity index (χ0v) is 29.7. The highest BCUT2D eigenvalue weighted by molar-refractivity contribution is 6.21. The Bertz CT molecular complexity index is 1760. The van der Waals surface area contributed by atoms with E-state index in [0.717, 1.165) is 6.07 Å². The minimum Gasteiger partial charge on any atom is -0.507 e. The number of benzene rings is 2. The zero-order chi connectivity index (χ0) is 37.4. The van der Waals surface area contributed by atoms with Crippen molar-refractivity contribution < 1.29 is 58.9 Å². The molecule has 8 unspecified atom stereocenters. The summed E-state index contributed by atoms with van der Waals surface area (Å²) in [6.07, 6.45) is 3.62. The molecule has 0 fully saturated rings. The Kier molecular flexibility index (Phi) is 11.2. The summed E-state index contributed by atoms with van der Waals surface area (Å²) in [5.74, 6) is -7.99. The molecule has 0 saturated heterocycles. The molecule has 13 nitrogen and oxygen atoms in total.